The van der Waals surface area contributed by atoms with Gasteiger partial charge in [-0.15, -0.1) is 12.3 Å². The van der Waals surface area contributed by atoms with Crippen LogP contribution < -0.4 is 5.32 Å². The second kappa shape index (κ2) is 5.38. The van der Waals surface area contributed by atoms with Crippen LogP contribution in [0.1, 0.15) is 26.2 Å². The molecule has 0 unspecified atom stereocenters. The van der Waals surface area contributed by atoms with Crippen LogP contribution in [0.5, 0.6) is 0 Å². The van der Waals surface area contributed by atoms with E-state index < -0.39 is 0 Å². The molecule has 2 nitrogen and oxygen atoms in total. The van der Waals surface area contributed by atoms with Crippen LogP contribution in [-0.4, -0.2) is 38.1 Å². The van der Waals surface area contributed by atoms with Crippen molar-refractivity contribution in [1.29, 1.82) is 0 Å². The van der Waals surface area contributed by atoms with E-state index in [0.717, 1.165) is 19.5 Å². The molecule has 1 fully saturated rings. The van der Waals surface area contributed by atoms with Gasteiger partial charge in [0.1, 0.15) is 0 Å². The molecule has 0 saturated carbocycles. The largest absolute Gasteiger partial charge is 0.315 e. The molecule has 1 aliphatic heterocycles. The van der Waals surface area contributed by atoms with Crippen molar-refractivity contribution >= 4 is 0 Å². The molecule has 0 aromatic carbocycles. The Balaban J connectivity index is 2.19. The van der Waals surface area contributed by atoms with E-state index in [1.165, 1.54) is 25.9 Å². The van der Waals surface area contributed by atoms with E-state index in [1.54, 1.807) is 0 Å². The van der Waals surface area contributed by atoms with Gasteiger partial charge < -0.3 is 10.2 Å². The zero-order valence-corrected chi connectivity index (χ0v) is 9.47. The average molecular weight is 194 g/mol. The Labute approximate surface area is 88.1 Å². The molecule has 0 aromatic heterocycles. The maximum atomic E-state index is 5.20. The lowest BCUT2D eigenvalue weighted by Gasteiger charge is -2.38. The van der Waals surface area contributed by atoms with Gasteiger partial charge in [0.25, 0.3) is 0 Å². The summed E-state index contributed by atoms with van der Waals surface area (Å²) in [4.78, 5) is 2.41. The third-order valence-corrected chi connectivity index (χ3v) is 3.19. The molecule has 0 spiro atoms. The molecule has 1 N–H and O–H groups in total. The van der Waals surface area contributed by atoms with Gasteiger partial charge in [-0.2, -0.15) is 0 Å². The zero-order valence-electron chi connectivity index (χ0n) is 9.47. The summed E-state index contributed by atoms with van der Waals surface area (Å²) in [6, 6.07) is 0. The van der Waals surface area contributed by atoms with Gasteiger partial charge in [0.05, 0.1) is 0 Å². The van der Waals surface area contributed by atoms with Crippen molar-refractivity contribution in [3.05, 3.63) is 0 Å². The number of hydrogen-bond acceptors (Lipinski definition) is 2. The van der Waals surface area contributed by atoms with Gasteiger partial charge in [-0.1, -0.05) is 6.92 Å². The summed E-state index contributed by atoms with van der Waals surface area (Å²) < 4.78 is 0. The second-order valence-electron chi connectivity index (χ2n) is 4.74. The van der Waals surface area contributed by atoms with E-state index in [-0.39, 0.29) is 0 Å². The highest BCUT2D eigenvalue weighted by Gasteiger charge is 2.27. The first-order valence-electron chi connectivity index (χ1n) is 5.49. The molecule has 2 heteroatoms. The summed E-state index contributed by atoms with van der Waals surface area (Å²) in [5.41, 5.74) is 0.487. The normalized spacial score (nSPS) is 21.8. The molecule has 1 rings (SSSR count). The van der Waals surface area contributed by atoms with Gasteiger partial charge in [-0.05, 0) is 38.4 Å². The van der Waals surface area contributed by atoms with Crippen LogP contribution >= 0.6 is 0 Å². The minimum Gasteiger partial charge on any atom is -0.315 e. The number of nitrogens with zero attached hydrogens (tertiary/aromatic N) is 1. The maximum absolute atomic E-state index is 5.20. The van der Waals surface area contributed by atoms with E-state index in [0.29, 0.717) is 5.41 Å². The summed E-state index contributed by atoms with van der Waals surface area (Å²) in [5, 5.41) is 3.45. The molecule has 0 aliphatic carbocycles. The van der Waals surface area contributed by atoms with Crippen LogP contribution in [0.2, 0.25) is 0 Å². The van der Waals surface area contributed by atoms with Crippen LogP contribution in [0, 0.1) is 17.8 Å². The van der Waals surface area contributed by atoms with Crippen molar-refractivity contribution in [2.45, 2.75) is 26.2 Å². The molecule has 0 amide bonds. The minimum absolute atomic E-state index is 0.487. The molecule has 1 saturated heterocycles. The highest BCUT2D eigenvalue weighted by atomic mass is 15.1. The Morgan fingerprint density at radius 2 is 2.07 bits per heavy atom. The molecule has 1 heterocycles. The summed E-state index contributed by atoms with van der Waals surface area (Å²) in [6.07, 6.45) is 8.64. The fourth-order valence-electron chi connectivity index (χ4n) is 1.89. The third kappa shape index (κ3) is 3.69. The smallest absolute Gasteiger partial charge is 0.0211 e. The second-order valence-corrected chi connectivity index (χ2v) is 4.74. The highest BCUT2D eigenvalue weighted by molar-refractivity contribution is 4.86. The Bertz CT molecular complexity index is 197. The fraction of sp³-hybridized carbons (Fsp3) is 0.833. The third-order valence-electron chi connectivity index (χ3n) is 3.19. The van der Waals surface area contributed by atoms with E-state index in [1.807, 2.05) is 0 Å². The number of piperidine rings is 1. The predicted octanol–water partition coefficient (Wildman–Crippen LogP) is 1.33. The summed E-state index contributed by atoms with van der Waals surface area (Å²) in [5.74, 6) is 2.65. The van der Waals surface area contributed by atoms with Crippen molar-refractivity contribution in [2.75, 3.05) is 33.2 Å². The van der Waals surface area contributed by atoms with Crippen molar-refractivity contribution in [3.63, 3.8) is 0 Å². The van der Waals surface area contributed by atoms with Crippen molar-refractivity contribution < 1.29 is 0 Å². The Hall–Kier alpha value is -0.520. The fourth-order valence-corrected chi connectivity index (χ4v) is 1.89. The number of terminal acetylenes is 1. The Kier molecular flexibility index (Phi) is 4.44. The minimum atomic E-state index is 0.487. The molecule has 0 radical (unpaired) electrons. The van der Waals surface area contributed by atoms with Gasteiger partial charge in [0.2, 0.25) is 0 Å². The van der Waals surface area contributed by atoms with Crippen molar-refractivity contribution in [3.8, 4) is 12.3 Å². The summed E-state index contributed by atoms with van der Waals surface area (Å²) in [6.45, 7) is 6.91. The van der Waals surface area contributed by atoms with Gasteiger partial charge in [-0.3, -0.25) is 0 Å². The van der Waals surface area contributed by atoms with E-state index in [9.17, 15) is 0 Å². The van der Waals surface area contributed by atoms with Crippen LogP contribution in [0.4, 0.5) is 0 Å². The van der Waals surface area contributed by atoms with E-state index >= 15 is 0 Å². The monoisotopic (exact) mass is 194 g/mol. The molecule has 80 valence electrons. The Morgan fingerprint density at radius 1 is 1.43 bits per heavy atom. The lowest BCUT2D eigenvalue weighted by molar-refractivity contribution is 0.137. The quantitative estimate of drug-likeness (QED) is 0.536. The molecular weight excluding hydrogens is 172 g/mol. The van der Waals surface area contributed by atoms with Crippen molar-refractivity contribution in [1.82, 2.24) is 10.2 Å². The summed E-state index contributed by atoms with van der Waals surface area (Å²) >= 11 is 0. The van der Waals surface area contributed by atoms with Gasteiger partial charge >= 0.3 is 0 Å². The predicted molar refractivity (Wildman–Crippen MR) is 61.2 cm³/mol. The molecule has 0 aromatic rings. The highest BCUT2D eigenvalue weighted by Crippen LogP contribution is 2.29. The lowest BCUT2D eigenvalue weighted by Crippen LogP contribution is -2.42. The van der Waals surface area contributed by atoms with Crippen LogP contribution in [0.25, 0.3) is 0 Å². The molecular formula is C12H22N2. The molecule has 0 bridgehead atoms. The zero-order chi connectivity index (χ0) is 10.4. The van der Waals surface area contributed by atoms with Crippen LogP contribution in [0.15, 0.2) is 0 Å². The SMILES string of the molecule is C#CCCNCC1(C)CCN(C)CC1. The van der Waals surface area contributed by atoms with E-state index in [4.69, 9.17) is 6.42 Å². The topological polar surface area (TPSA) is 15.3 Å². The van der Waals surface area contributed by atoms with Crippen LogP contribution in [0.3, 0.4) is 0 Å². The van der Waals surface area contributed by atoms with Crippen LogP contribution in [-0.2, 0) is 0 Å². The number of hydrogen-bond donors (Lipinski definition) is 1. The van der Waals surface area contributed by atoms with Gasteiger partial charge in [0, 0.05) is 19.5 Å². The maximum Gasteiger partial charge on any atom is 0.0211 e. The first kappa shape index (κ1) is 11.6. The lowest BCUT2D eigenvalue weighted by atomic mass is 9.80. The molecule has 14 heavy (non-hydrogen) atoms. The molecule has 0 atom stereocenters. The number of nitrogens with one attached hydrogen (secondary N) is 1. The molecule has 1 aliphatic rings. The summed E-state index contributed by atoms with van der Waals surface area (Å²) in [7, 11) is 2.20. The number of likely N-dealkylation sites (tertiary alicyclic amines) is 1. The first-order chi connectivity index (χ1) is 6.66. The average Bonchev–Trinajstić information content (AvgIpc) is 2.18. The van der Waals surface area contributed by atoms with Gasteiger partial charge in [0.15, 0.2) is 0 Å². The van der Waals surface area contributed by atoms with Crippen molar-refractivity contribution in [2.24, 2.45) is 5.41 Å². The Morgan fingerprint density at radius 3 is 2.64 bits per heavy atom. The standard InChI is InChI=1S/C12H22N2/c1-4-5-8-13-11-12(2)6-9-14(3)10-7-12/h1,13H,5-11H2,2-3H3. The van der Waals surface area contributed by atoms with Gasteiger partial charge in [-0.25, -0.2) is 0 Å². The number of rotatable bonds is 4. The van der Waals surface area contributed by atoms with E-state index in [2.05, 4.69) is 30.1 Å². The first-order valence-corrected chi connectivity index (χ1v) is 5.49.